The van der Waals surface area contributed by atoms with E-state index < -0.39 is 56.5 Å². The summed E-state index contributed by atoms with van der Waals surface area (Å²) in [6.07, 6.45) is -1.06. The van der Waals surface area contributed by atoms with Gasteiger partial charge in [-0.1, -0.05) is 5.11 Å². The number of aromatic amines is 1. The number of nitrogens with zero attached hydrogens (tertiary/aromatic N) is 4. The van der Waals surface area contributed by atoms with Crippen LogP contribution in [0.25, 0.3) is 10.4 Å². The lowest BCUT2D eigenvalue weighted by atomic mass is 10.1. The second-order valence-electron chi connectivity index (χ2n) is 6.45. The molecular formula is C12H19N5O10P2. The monoisotopic (exact) mass is 455 g/mol. The van der Waals surface area contributed by atoms with Gasteiger partial charge in [0.15, 0.2) is 0 Å². The van der Waals surface area contributed by atoms with E-state index in [0.717, 1.165) is 4.57 Å². The molecule has 2 unspecified atom stereocenters. The van der Waals surface area contributed by atoms with Crippen molar-refractivity contribution in [3.63, 3.8) is 0 Å². The van der Waals surface area contributed by atoms with Crippen LogP contribution in [0.4, 0.5) is 0 Å². The van der Waals surface area contributed by atoms with Crippen LogP contribution in [-0.4, -0.2) is 53.2 Å². The number of aliphatic hydroxyl groups is 1. The largest absolute Gasteiger partial charge is 0.371 e. The molecule has 5 atom stereocenters. The third kappa shape index (κ3) is 4.69. The molecule has 0 aromatic carbocycles. The summed E-state index contributed by atoms with van der Waals surface area (Å²) in [7, 11) is -10.7. The molecule has 15 nitrogen and oxygen atoms in total. The quantitative estimate of drug-likeness (QED) is 0.158. The van der Waals surface area contributed by atoms with Gasteiger partial charge in [-0.25, -0.2) is 4.79 Å². The maximum Gasteiger partial charge on any atom is 0.371 e. The lowest BCUT2D eigenvalue weighted by molar-refractivity contribution is -0.0263. The zero-order valence-corrected chi connectivity index (χ0v) is 16.9. The molecule has 0 spiro atoms. The van der Waals surface area contributed by atoms with Crippen LogP contribution in [0.2, 0.25) is 0 Å². The Morgan fingerprint density at radius 1 is 1.45 bits per heavy atom. The molecule has 1 aliphatic heterocycles. The molecule has 1 aromatic rings. The van der Waals surface area contributed by atoms with E-state index in [0.29, 0.717) is 6.92 Å². The average molecular weight is 455 g/mol. The van der Waals surface area contributed by atoms with Gasteiger partial charge in [0.05, 0.1) is 18.8 Å². The van der Waals surface area contributed by atoms with E-state index in [1.54, 1.807) is 0 Å². The summed E-state index contributed by atoms with van der Waals surface area (Å²) in [6.45, 7) is 1.10. The van der Waals surface area contributed by atoms with E-state index in [2.05, 4.69) is 19.5 Å². The average Bonchev–Trinajstić information content (AvgIpc) is 2.98. The van der Waals surface area contributed by atoms with Gasteiger partial charge in [0, 0.05) is 23.1 Å². The number of aromatic nitrogens is 2. The first-order valence-electron chi connectivity index (χ1n) is 7.98. The van der Waals surface area contributed by atoms with Gasteiger partial charge in [-0.15, -0.1) is 0 Å². The summed E-state index contributed by atoms with van der Waals surface area (Å²) in [6, 6.07) is -0.982. The molecule has 162 valence electrons. The Kier molecular flexibility index (Phi) is 6.60. The molecule has 2 heterocycles. The van der Waals surface area contributed by atoms with Crippen molar-refractivity contribution in [2.24, 2.45) is 5.11 Å². The van der Waals surface area contributed by atoms with Crippen LogP contribution >= 0.6 is 15.2 Å². The number of hydrogen-bond donors (Lipinski definition) is 5. The van der Waals surface area contributed by atoms with Gasteiger partial charge >= 0.3 is 20.9 Å². The minimum absolute atomic E-state index is 0.0614. The first kappa shape index (κ1) is 23.5. The Bertz CT molecular complexity index is 1040. The summed E-state index contributed by atoms with van der Waals surface area (Å²) >= 11 is 0. The van der Waals surface area contributed by atoms with Crippen molar-refractivity contribution in [3.05, 3.63) is 43.0 Å². The molecule has 0 saturated carbocycles. The molecule has 1 fully saturated rings. The van der Waals surface area contributed by atoms with E-state index in [1.807, 2.05) is 0 Å². The first-order valence-corrected chi connectivity index (χ1v) is 11.2. The SMILES string of the molecule is Cc1cn([C@H]2C[C@H](N=[N+]=[N-])[C@@H](COP(=O)(O)C(C)(O)P(=O)(O)O)O2)c(=O)[nH]c1=O. The Morgan fingerprint density at radius 3 is 2.62 bits per heavy atom. The maximum atomic E-state index is 12.1. The van der Waals surface area contributed by atoms with Crippen LogP contribution in [0.3, 0.4) is 0 Å². The normalized spacial score (nSPS) is 26.3. The number of hydrogen-bond acceptors (Lipinski definition) is 8. The minimum Gasteiger partial charge on any atom is -0.368 e. The van der Waals surface area contributed by atoms with Crippen molar-refractivity contribution in [2.75, 3.05) is 6.61 Å². The Morgan fingerprint density at radius 2 is 2.07 bits per heavy atom. The van der Waals surface area contributed by atoms with Crippen molar-refractivity contribution in [1.82, 2.24) is 9.55 Å². The second kappa shape index (κ2) is 8.15. The van der Waals surface area contributed by atoms with Gasteiger partial charge in [-0.3, -0.25) is 23.5 Å². The van der Waals surface area contributed by atoms with Crippen molar-refractivity contribution < 1.29 is 38.2 Å². The zero-order valence-electron chi connectivity index (χ0n) is 15.1. The number of aryl methyl sites for hydroxylation is 1. The van der Waals surface area contributed by atoms with Crippen LogP contribution in [0.15, 0.2) is 20.9 Å². The van der Waals surface area contributed by atoms with Crippen molar-refractivity contribution in [3.8, 4) is 0 Å². The lowest BCUT2D eigenvalue weighted by Gasteiger charge is -2.29. The number of azide groups is 1. The molecule has 1 aliphatic rings. The third-order valence-corrected chi connectivity index (χ3v) is 8.57. The molecule has 0 bridgehead atoms. The molecule has 5 N–H and O–H groups in total. The lowest BCUT2D eigenvalue weighted by Crippen LogP contribution is -2.33. The molecule has 2 rings (SSSR count). The Balaban J connectivity index is 2.25. The van der Waals surface area contributed by atoms with Gasteiger partial charge in [-0.2, -0.15) is 0 Å². The molecule has 29 heavy (non-hydrogen) atoms. The maximum absolute atomic E-state index is 12.1. The van der Waals surface area contributed by atoms with E-state index in [4.69, 9.17) is 20.1 Å². The number of ether oxygens (including phenoxy) is 1. The van der Waals surface area contributed by atoms with Crippen molar-refractivity contribution in [1.29, 1.82) is 0 Å². The standard InChI is InChI=1S/C12H19N5O10P2/c1-6-4-17(11(19)14-10(6)18)9-3-7(15-16-13)8(27-9)5-26-29(24,25)12(2,20)28(21,22)23/h4,7-9,20H,3,5H2,1-2H3,(H,24,25)(H,14,18,19)(H2,21,22,23)/t7-,8+,9+,12?/m0/s1. The third-order valence-electron chi connectivity index (χ3n) is 4.36. The van der Waals surface area contributed by atoms with E-state index >= 15 is 0 Å². The fourth-order valence-corrected chi connectivity index (χ4v) is 4.57. The summed E-state index contributed by atoms with van der Waals surface area (Å²) < 4.78 is 34.6. The fraction of sp³-hybridized carbons (Fsp3) is 0.667. The minimum atomic E-state index is -5.44. The van der Waals surface area contributed by atoms with Gasteiger partial charge in [0.25, 0.3) is 10.6 Å². The smallest absolute Gasteiger partial charge is 0.368 e. The predicted octanol–water partition coefficient (Wildman–Crippen LogP) is -0.143. The number of rotatable bonds is 7. The highest BCUT2D eigenvalue weighted by molar-refractivity contribution is 7.72. The van der Waals surface area contributed by atoms with Gasteiger partial charge in [-0.05, 0) is 19.4 Å². The molecule has 1 saturated heterocycles. The molecule has 0 amide bonds. The van der Waals surface area contributed by atoms with Gasteiger partial charge in [0.2, 0.25) is 0 Å². The summed E-state index contributed by atoms with van der Waals surface area (Å²) in [5.74, 6) is 0. The first-order chi connectivity index (χ1) is 13.2. The molecule has 0 aliphatic carbocycles. The Labute approximate surface area is 162 Å². The fourth-order valence-electron chi connectivity index (χ4n) is 2.49. The van der Waals surface area contributed by atoms with E-state index in [9.17, 15) is 28.7 Å². The second-order valence-corrected chi connectivity index (χ2v) is 10.9. The molecule has 0 radical (unpaired) electrons. The number of H-pyrrole nitrogens is 1. The van der Waals surface area contributed by atoms with Crippen LogP contribution < -0.4 is 11.2 Å². The van der Waals surface area contributed by atoms with Gasteiger partial charge in [0.1, 0.15) is 6.23 Å². The van der Waals surface area contributed by atoms with Crippen LogP contribution in [0.5, 0.6) is 0 Å². The van der Waals surface area contributed by atoms with Crippen LogP contribution in [-0.2, 0) is 18.4 Å². The highest BCUT2D eigenvalue weighted by atomic mass is 31.2. The molecular weight excluding hydrogens is 436 g/mol. The summed E-state index contributed by atoms with van der Waals surface area (Å²) in [5, 5.41) is 9.83. The van der Waals surface area contributed by atoms with E-state index in [1.165, 1.54) is 13.1 Å². The topological polar surface area (TPSA) is 237 Å². The van der Waals surface area contributed by atoms with Crippen LogP contribution in [0, 0.1) is 6.92 Å². The van der Waals surface area contributed by atoms with Crippen molar-refractivity contribution in [2.45, 2.75) is 43.7 Å². The zero-order chi connectivity index (χ0) is 22.2. The van der Waals surface area contributed by atoms with Crippen LogP contribution in [0.1, 0.15) is 25.1 Å². The summed E-state index contributed by atoms with van der Waals surface area (Å²) in [4.78, 5) is 56.1. The number of nitrogens with one attached hydrogen (secondary N) is 1. The molecule has 1 aromatic heterocycles. The van der Waals surface area contributed by atoms with Gasteiger partial charge < -0.3 is 29.0 Å². The highest BCUT2D eigenvalue weighted by Crippen LogP contribution is 2.69. The van der Waals surface area contributed by atoms with Crippen molar-refractivity contribution >= 4 is 15.2 Å². The van der Waals surface area contributed by atoms with E-state index in [-0.39, 0.29) is 12.0 Å². The summed E-state index contributed by atoms with van der Waals surface area (Å²) in [5.41, 5.74) is 7.50. The predicted molar refractivity (Wildman–Crippen MR) is 96.0 cm³/mol. The molecule has 17 heteroatoms. The Hall–Kier alpha value is -1.79. The highest BCUT2D eigenvalue weighted by Gasteiger charge is 2.57.